The Morgan fingerprint density at radius 2 is 2.00 bits per heavy atom. The van der Waals surface area contributed by atoms with Crippen molar-refractivity contribution in [3.8, 4) is 11.3 Å². The molecule has 5 nitrogen and oxygen atoms in total. The molecule has 1 aromatic heterocycles. The van der Waals surface area contributed by atoms with Crippen molar-refractivity contribution in [2.75, 3.05) is 31.5 Å². The highest BCUT2D eigenvalue weighted by atomic mass is 19.1. The van der Waals surface area contributed by atoms with Crippen molar-refractivity contribution in [2.24, 2.45) is 5.92 Å². The molecular formula is C26H30FN3O2. The van der Waals surface area contributed by atoms with Crippen LogP contribution in [-0.4, -0.2) is 37.1 Å². The maximum Gasteiger partial charge on any atom is 0.319 e. The largest absolute Gasteiger partial charge is 0.464 e. The molecule has 0 radical (unpaired) electrons. The first-order chi connectivity index (χ1) is 15.7. The van der Waals surface area contributed by atoms with E-state index >= 15 is 0 Å². The topological polar surface area (TPSA) is 57.5 Å². The number of hydrogen-bond donors (Lipinski definition) is 2. The molecule has 0 unspecified atom stereocenters. The Kier molecular flexibility index (Phi) is 7.56. The third-order valence-electron chi connectivity index (χ3n) is 5.90. The van der Waals surface area contributed by atoms with Crippen LogP contribution in [0.1, 0.15) is 24.8 Å². The summed E-state index contributed by atoms with van der Waals surface area (Å²) < 4.78 is 18.5. The van der Waals surface area contributed by atoms with Gasteiger partial charge >= 0.3 is 6.03 Å². The Labute approximate surface area is 188 Å². The average Bonchev–Trinajstić information content (AvgIpc) is 3.34. The number of urea groups is 1. The van der Waals surface area contributed by atoms with E-state index in [1.165, 1.54) is 18.4 Å². The van der Waals surface area contributed by atoms with E-state index in [0.29, 0.717) is 12.5 Å². The second kappa shape index (κ2) is 11.0. The number of likely N-dealkylation sites (tertiary alicyclic amines) is 1. The second-order valence-electron chi connectivity index (χ2n) is 8.43. The molecular weight excluding hydrogens is 405 g/mol. The number of carbonyl (C=O) groups excluding carboxylic acids is 1. The summed E-state index contributed by atoms with van der Waals surface area (Å²) >= 11 is 0. The van der Waals surface area contributed by atoms with Crippen molar-refractivity contribution >= 4 is 11.7 Å². The van der Waals surface area contributed by atoms with Crippen LogP contribution in [0.25, 0.3) is 11.3 Å². The summed E-state index contributed by atoms with van der Waals surface area (Å²) in [7, 11) is 0. The first kappa shape index (κ1) is 22.1. The van der Waals surface area contributed by atoms with Crippen LogP contribution in [-0.2, 0) is 6.42 Å². The average molecular weight is 436 g/mol. The van der Waals surface area contributed by atoms with Crippen LogP contribution in [0.5, 0.6) is 0 Å². The molecule has 1 saturated heterocycles. The van der Waals surface area contributed by atoms with Gasteiger partial charge in [-0.3, -0.25) is 0 Å². The van der Waals surface area contributed by atoms with Gasteiger partial charge in [-0.1, -0.05) is 24.3 Å². The van der Waals surface area contributed by atoms with E-state index in [0.717, 1.165) is 49.5 Å². The number of nitrogens with one attached hydrogen (secondary N) is 2. The summed E-state index contributed by atoms with van der Waals surface area (Å²) in [4.78, 5) is 14.7. The van der Waals surface area contributed by atoms with Gasteiger partial charge in [0.05, 0.1) is 6.26 Å². The van der Waals surface area contributed by atoms with E-state index in [-0.39, 0.29) is 11.8 Å². The lowest BCUT2D eigenvalue weighted by molar-refractivity contribution is 0.172. The van der Waals surface area contributed by atoms with Gasteiger partial charge in [0.25, 0.3) is 0 Å². The molecule has 1 atom stereocenters. The van der Waals surface area contributed by atoms with Gasteiger partial charge in [0.1, 0.15) is 11.6 Å². The molecule has 2 aromatic carbocycles. The number of hydrogen-bond acceptors (Lipinski definition) is 3. The summed E-state index contributed by atoms with van der Waals surface area (Å²) in [6.45, 7) is 3.76. The number of rotatable bonds is 8. The minimum Gasteiger partial charge on any atom is -0.464 e. The maximum absolute atomic E-state index is 13.1. The molecule has 4 rings (SSSR count). The van der Waals surface area contributed by atoms with Crippen molar-refractivity contribution in [1.82, 2.24) is 10.2 Å². The molecule has 6 heteroatoms. The predicted molar refractivity (Wildman–Crippen MR) is 125 cm³/mol. The van der Waals surface area contributed by atoms with Gasteiger partial charge in [-0.15, -0.1) is 0 Å². The molecule has 1 fully saturated rings. The number of anilines is 1. The zero-order valence-corrected chi connectivity index (χ0v) is 18.2. The third kappa shape index (κ3) is 6.44. The van der Waals surface area contributed by atoms with E-state index < -0.39 is 0 Å². The maximum atomic E-state index is 13.1. The van der Waals surface area contributed by atoms with E-state index in [2.05, 4.69) is 15.5 Å². The number of nitrogens with zero attached hydrogens (tertiary/aromatic N) is 1. The molecule has 1 aliphatic rings. The van der Waals surface area contributed by atoms with Crippen LogP contribution in [0.15, 0.2) is 71.3 Å². The lowest BCUT2D eigenvalue weighted by Gasteiger charge is -2.32. The van der Waals surface area contributed by atoms with Gasteiger partial charge in [-0.25, -0.2) is 9.18 Å². The van der Waals surface area contributed by atoms with Gasteiger partial charge < -0.3 is 20.0 Å². The Balaban J connectivity index is 1.16. The number of piperidine rings is 1. The number of halogens is 1. The third-order valence-corrected chi connectivity index (χ3v) is 5.90. The van der Waals surface area contributed by atoms with Gasteiger partial charge in [0.15, 0.2) is 0 Å². The van der Waals surface area contributed by atoms with Crippen LogP contribution in [0.3, 0.4) is 0 Å². The fourth-order valence-electron chi connectivity index (χ4n) is 4.35. The number of furan rings is 1. The van der Waals surface area contributed by atoms with Gasteiger partial charge in [0.2, 0.25) is 0 Å². The highest BCUT2D eigenvalue weighted by molar-refractivity contribution is 5.89. The zero-order valence-electron chi connectivity index (χ0n) is 18.2. The minimum absolute atomic E-state index is 0.180. The summed E-state index contributed by atoms with van der Waals surface area (Å²) in [5, 5.41) is 5.83. The van der Waals surface area contributed by atoms with Gasteiger partial charge in [0, 0.05) is 24.3 Å². The molecule has 2 amide bonds. The van der Waals surface area contributed by atoms with Gasteiger partial charge in [-0.05, 0) is 86.7 Å². The zero-order chi connectivity index (χ0) is 22.2. The Morgan fingerprint density at radius 3 is 2.81 bits per heavy atom. The quantitative estimate of drug-likeness (QED) is 0.456. The van der Waals surface area contributed by atoms with Crippen molar-refractivity contribution in [1.29, 1.82) is 0 Å². The molecule has 0 saturated carbocycles. The highest BCUT2D eigenvalue weighted by Gasteiger charge is 2.19. The Hall–Kier alpha value is -3.12. The number of carbonyl (C=O) groups is 1. The Bertz CT molecular complexity index is 989. The van der Waals surface area contributed by atoms with Gasteiger partial charge in [-0.2, -0.15) is 0 Å². The van der Waals surface area contributed by atoms with E-state index in [9.17, 15) is 9.18 Å². The van der Waals surface area contributed by atoms with Crippen LogP contribution in [0.4, 0.5) is 14.9 Å². The molecule has 3 aromatic rings. The van der Waals surface area contributed by atoms with E-state index in [1.54, 1.807) is 18.4 Å². The molecule has 2 N–H and O–H groups in total. The first-order valence-electron chi connectivity index (χ1n) is 11.3. The molecule has 168 valence electrons. The Morgan fingerprint density at radius 1 is 1.12 bits per heavy atom. The standard InChI is InChI=1S/C26H30FN3O2/c27-23-11-9-20(10-12-23)17-21-5-2-14-30(19-21)15-4-13-28-26(31)29-24-7-1-6-22(18-24)25-8-3-16-32-25/h1,3,6-12,16,18,21H,2,4-5,13-15,17,19H2,(H2,28,29,31)/t21-/m0/s1. The minimum atomic E-state index is -0.200. The van der Waals surface area contributed by atoms with Crippen LogP contribution >= 0.6 is 0 Å². The molecule has 32 heavy (non-hydrogen) atoms. The molecule has 0 bridgehead atoms. The SMILES string of the molecule is O=C(NCCCN1CCC[C@@H](Cc2ccc(F)cc2)C1)Nc1cccc(-c2ccco2)c1. The molecule has 2 heterocycles. The van der Waals surface area contributed by atoms with Crippen LogP contribution in [0.2, 0.25) is 0 Å². The monoisotopic (exact) mass is 435 g/mol. The van der Waals surface area contributed by atoms with Crippen molar-refractivity contribution in [3.63, 3.8) is 0 Å². The number of amides is 2. The highest BCUT2D eigenvalue weighted by Crippen LogP contribution is 2.23. The van der Waals surface area contributed by atoms with Crippen molar-refractivity contribution < 1.29 is 13.6 Å². The van der Waals surface area contributed by atoms with Crippen LogP contribution in [0, 0.1) is 11.7 Å². The lowest BCUT2D eigenvalue weighted by atomic mass is 9.91. The first-order valence-corrected chi connectivity index (χ1v) is 11.3. The summed E-state index contributed by atoms with van der Waals surface area (Å²) in [5.41, 5.74) is 2.86. The normalized spacial score (nSPS) is 16.6. The smallest absolute Gasteiger partial charge is 0.319 e. The van der Waals surface area contributed by atoms with E-state index in [1.807, 2.05) is 48.5 Å². The second-order valence-corrected chi connectivity index (χ2v) is 8.43. The molecule has 0 spiro atoms. The summed E-state index contributed by atoms with van der Waals surface area (Å²) in [5.74, 6) is 1.20. The fourth-order valence-corrected chi connectivity index (χ4v) is 4.35. The molecule has 0 aliphatic carbocycles. The van der Waals surface area contributed by atoms with Crippen molar-refractivity contribution in [3.05, 3.63) is 78.3 Å². The summed E-state index contributed by atoms with van der Waals surface area (Å²) in [6, 6.07) is 18.0. The number of benzene rings is 2. The lowest BCUT2D eigenvalue weighted by Crippen LogP contribution is -2.38. The fraction of sp³-hybridized carbons (Fsp3) is 0.346. The van der Waals surface area contributed by atoms with E-state index in [4.69, 9.17) is 4.42 Å². The molecule has 1 aliphatic heterocycles. The van der Waals surface area contributed by atoms with Crippen LogP contribution < -0.4 is 10.6 Å². The summed E-state index contributed by atoms with van der Waals surface area (Å²) in [6.07, 6.45) is 5.94. The van der Waals surface area contributed by atoms with Crippen molar-refractivity contribution in [2.45, 2.75) is 25.7 Å². The predicted octanol–water partition coefficient (Wildman–Crippen LogP) is 5.55.